The van der Waals surface area contributed by atoms with Gasteiger partial charge in [0, 0.05) is 43.7 Å². The Morgan fingerprint density at radius 2 is 1.84 bits per heavy atom. The molecule has 2 heterocycles. The predicted molar refractivity (Wildman–Crippen MR) is 131 cm³/mol. The van der Waals surface area contributed by atoms with Gasteiger partial charge in [-0.15, -0.1) is 24.8 Å². The molecule has 2 aromatic rings. The molecule has 6 nitrogen and oxygen atoms in total. The number of methoxy groups -OCH3 is 1. The van der Waals surface area contributed by atoms with Crippen molar-refractivity contribution < 1.29 is 14.3 Å². The van der Waals surface area contributed by atoms with E-state index in [2.05, 4.69) is 43.1 Å². The molecule has 2 fully saturated rings. The van der Waals surface area contributed by atoms with Gasteiger partial charge in [-0.05, 0) is 49.2 Å². The first-order chi connectivity index (χ1) is 14.5. The van der Waals surface area contributed by atoms with Gasteiger partial charge in [0.15, 0.2) is 11.5 Å². The third-order valence-corrected chi connectivity index (χ3v) is 6.47. The van der Waals surface area contributed by atoms with Gasteiger partial charge in [-0.2, -0.15) is 0 Å². The van der Waals surface area contributed by atoms with Gasteiger partial charge < -0.3 is 20.1 Å². The van der Waals surface area contributed by atoms with Crippen LogP contribution in [0.4, 0.5) is 0 Å². The van der Waals surface area contributed by atoms with E-state index in [0.717, 1.165) is 19.6 Å². The van der Waals surface area contributed by atoms with Crippen molar-refractivity contribution in [3.8, 4) is 11.5 Å². The highest BCUT2D eigenvalue weighted by Gasteiger charge is 2.47. The van der Waals surface area contributed by atoms with Crippen molar-refractivity contribution >= 4 is 30.7 Å². The maximum absolute atomic E-state index is 13.3. The van der Waals surface area contributed by atoms with Crippen molar-refractivity contribution in [2.24, 2.45) is 17.6 Å². The number of ether oxygens (including phenoxy) is 2. The average molecular weight is 482 g/mol. The molecule has 176 valence electrons. The van der Waals surface area contributed by atoms with Crippen LogP contribution in [0.25, 0.3) is 0 Å². The Balaban J connectivity index is 0.00000181. The Hall–Kier alpha value is -1.99. The van der Waals surface area contributed by atoms with Crippen LogP contribution in [0, 0.1) is 18.8 Å². The van der Waals surface area contributed by atoms with Crippen LogP contribution in [-0.4, -0.2) is 62.7 Å². The number of carbonyl (C=O) groups is 1. The van der Waals surface area contributed by atoms with Crippen LogP contribution >= 0.6 is 24.8 Å². The number of hydrogen-bond donors (Lipinski definition) is 1. The fourth-order valence-corrected chi connectivity index (χ4v) is 5.08. The van der Waals surface area contributed by atoms with Gasteiger partial charge in [0.25, 0.3) is 5.91 Å². The fraction of sp³-hybridized carbons (Fsp3) is 0.458. The van der Waals surface area contributed by atoms with Gasteiger partial charge >= 0.3 is 0 Å². The molecule has 2 aliphatic heterocycles. The zero-order valence-corrected chi connectivity index (χ0v) is 20.5. The summed E-state index contributed by atoms with van der Waals surface area (Å²) in [6.07, 6.45) is 0. The summed E-state index contributed by atoms with van der Waals surface area (Å²) in [5, 5.41) is 0. The molecule has 3 atom stereocenters. The van der Waals surface area contributed by atoms with Gasteiger partial charge in [-0.3, -0.25) is 9.69 Å². The quantitative estimate of drug-likeness (QED) is 0.682. The van der Waals surface area contributed by atoms with Gasteiger partial charge in [-0.25, -0.2) is 0 Å². The third-order valence-electron chi connectivity index (χ3n) is 6.47. The van der Waals surface area contributed by atoms with Gasteiger partial charge in [-0.1, -0.05) is 24.3 Å². The first kappa shape index (κ1) is 26.3. The molecule has 0 spiro atoms. The van der Waals surface area contributed by atoms with E-state index in [4.69, 9.17) is 15.2 Å². The summed E-state index contributed by atoms with van der Waals surface area (Å²) in [7, 11) is 3.79. The molecule has 2 saturated heterocycles. The molecule has 1 amide bonds. The van der Waals surface area contributed by atoms with Gasteiger partial charge in [0.1, 0.15) is 6.61 Å². The highest BCUT2D eigenvalue weighted by Crippen LogP contribution is 2.45. The lowest BCUT2D eigenvalue weighted by Crippen LogP contribution is -2.33. The maximum atomic E-state index is 13.3. The minimum atomic E-state index is 0. The highest BCUT2D eigenvalue weighted by atomic mass is 35.5. The molecule has 0 bridgehead atoms. The summed E-state index contributed by atoms with van der Waals surface area (Å²) in [4.78, 5) is 17.7. The standard InChI is InChI=1S/C24H31N3O3.2ClH/c1-16-6-4-5-7-19(16)23-20-15-27(14-18(20)13-26(23)2)24(28)17-8-9-21(30-11-10-25)22(12-17)29-3;;/h4-9,12,18,20,23H,10-11,13-15,25H2,1-3H3;2*1H/t18-,20+,23+;;/m0../s1. The zero-order valence-electron chi connectivity index (χ0n) is 18.8. The second kappa shape index (κ2) is 11.2. The normalized spacial score (nSPS) is 22.0. The van der Waals surface area contributed by atoms with Crippen LogP contribution < -0.4 is 15.2 Å². The molecule has 2 aliphatic rings. The highest BCUT2D eigenvalue weighted by molar-refractivity contribution is 5.95. The van der Waals surface area contributed by atoms with Crippen molar-refractivity contribution in [1.29, 1.82) is 0 Å². The molecular formula is C24H33Cl2N3O3. The number of amides is 1. The Kier molecular flexibility index (Phi) is 9.22. The van der Waals surface area contributed by atoms with Crippen molar-refractivity contribution in [3.05, 3.63) is 59.2 Å². The van der Waals surface area contributed by atoms with E-state index in [1.807, 2.05) is 11.0 Å². The van der Waals surface area contributed by atoms with E-state index in [1.54, 1.807) is 19.2 Å². The summed E-state index contributed by atoms with van der Waals surface area (Å²) < 4.78 is 11.0. The molecule has 0 aromatic heterocycles. The number of aryl methyl sites for hydroxylation is 1. The molecule has 2 N–H and O–H groups in total. The smallest absolute Gasteiger partial charge is 0.254 e. The Bertz CT molecular complexity index is 927. The molecule has 0 saturated carbocycles. The van der Waals surface area contributed by atoms with Gasteiger partial charge in [0.2, 0.25) is 0 Å². The Morgan fingerprint density at radius 1 is 1.09 bits per heavy atom. The molecular weight excluding hydrogens is 449 g/mol. The van der Waals surface area contributed by atoms with E-state index >= 15 is 0 Å². The second-order valence-electron chi connectivity index (χ2n) is 8.38. The summed E-state index contributed by atoms with van der Waals surface area (Å²) in [6.45, 7) is 5.60. The number of nitrogens with zero attached hydrogens (tertiary/aromatic N) is 2. The largest absolute Gasteiger partial charge is 0.493 e. The van der Waals surface area contributed by atoms with E-state index in [0.29, 0.717) is 48.1 Å². The van der Waals surface area contributed by atoms with Crippen LogP contribution in [0.5, 0.6) is 11.5 Å². The minimum Gasteiger partial charge on any atom is -0.493 e. The number of benzene rings is 2. The molecule has 8 heteroatoms. The molecule has 2 aromatic carbocycles. The van der Waals surface area contributed by atoms with Crippen molar-refractivity contribution in [2.45, 2.75) is 13.0 Å². The number of likely N-dealkylation sites (tertiary alicyclic amines) is 2. The molecule has 32 heavy (non-hydrogen) atoms. The van der Waals surface area contributed by atoms with Gasteiger partial charge in [0.05, 0.1) is 7.11 Å². The number of halogens is 2. The lowest BCUT2D eigenvalue weighted by molar-refractivity contribution is 0.0767. The van der Waals surface area contributed by atoms with E-state index in [-0.39, 0.29) is 30.7 Å². The first-order valence-corrected chi connectivity index (χ1v) is 10.6. The fourth-order valence-electron chi connectivity index (χ4n) is 5.08. The third kappa shape index (κ3) is 4.99. The number of carbonyl (C=O) groups excluding carboxylic acids is 1. The molecule has 0 aliphatic carbocycles. The number of fused-ring (bicyclic) bond motifs is 1. The van der Waals surface area contributed by atoms with Crippen molar-refractivity contribution in [1.82, 2.24) is 9.80 Å². The van der Waals surface area contributed by atoms with Crippen LogP contribution in [0.3, 0.4) is 0 Å². The summed E-state index contributed by atoms with van der Waals surface area (Å²) in [5.41, 5.74) is 8.84. The summed E-state index contributed by atoms with van der Waals surface area (Å²) in [5.74, 6) is 2.18. The Morgan fingerprint density at radius 3 is 2.53 bits per heavy atom. The van der Waals surface area contributed by atoms with Crippen LogP contribution in [0.2, 0.25) is 0 Å². The predicted octanol–water partition coefficient (Wildman–Crippen LogP) is 3.56. The molecule has 0 unspecified atom stereocenters. The minimum absolute atomic E-state index is 0. The van der Waals surface area contributed by atoms with E-state index in [9.17, 15) is 4.79 Å². The Labute approximate surface area is 202 Å². The van der Waals surface area contributed by atoms with E-state index in [1.165, 1.54) is 11.1 Å². The maximum Gasteiger partial charge on any atom is 0.254 e. The molecule has 0 radical (unpaired) electrons. The van der Waals surface area contributed by atoms with Crippen LogP contribution in [0.1, 0.15) is 27.5 Å². The monoisotopic (exact) mass is 481 g/mol. The zero-order chi connectivity index (χ0) is 21.3. The van der Waals surface area contributed by atoms with Crippen LogP contribution in [0.15, 0.2) is 42.5 Å². The average Bonchev–Trinajstić information content (AvgIpc) is 3.29. The number of nitrogens with two attached hydrogens (primary N) is 1. The molecule has 4 rings (SSSR count). The summed E-state index contributed by atoms with van der Waals surface area (Å²) in [6, 6.07) is 14.3. The van der Waals surface area contributed by atoms with Crippen molar-refractivity contribution in [3.63, 3.8) is 0 Å². The second-order valence-corrected chi connectivity index (χ2v) is 8.38. The lowest BCUT2D eigenvalue weighted by Gasteiger charge is -2.28. The summed E-state index contributed by atoms with van der Waals surface area (Å²) >= 11 is 0. The van der Waals surface area contributed by atoms with Crippen molar-refractivity contribution in [2.75, 3.05) is 46.9 Å². The lowest BCUT2D eigenvalue weighted by atomic mass is 9.88. The first-order valence-electron chi connectivity index (χ1n) is 10.6. The topological polar surface area (TPSA) is 68.0 Å². The SMILES string of the molecule is COc1cc(C(=O)N2C[C@@H]3CN(C)[C@H](c4ccccc4C)[C@@H]3C2)ccc1OCCN.Cl.Cl. The number of hydrogen-bond acceptors (Lipinski definition) is 5. The van der Waals surface area contributed by atoms with E-state index < -0.39 is 0 Å². The van der Waals surface area contributed by atoms with Crippen LogP contribution in [-0.2, 0) is 0 Å². The number of rotatable bonds is 6.